The molecule has 0 saturated heterocycles. The lowest BCUT2D eigenvalue weighted by molar-refractivity contribution is -0.135. The van der Waals surface area contributed by atoms with E-state index in [0.717, 1.165) is 18.2 Å². The molecule has 6 heteroatoms. The maximum atomic E-state index is 13.2. The molecule has 0 aliphatic carbocycles. The van der Waals surface area contributed by atoms with Crippen molar-refractivity contribution in [1.82, 2.24) is 0 Å². The van der Waals surface area contributed by atoms with Crippen LogP contribution in [0.15, 0.2) is 30.0 Å². The Labute approximate surface area is 105 Å². The minimum atomic E-state index is -0.846. The maximum Gasteiger partial charge on any atom is 0.333 e. The van der Waals surface area contributed by atoms with Crippen molar-refractivity contribution in [3.05, 3.63) is 41.7 Å². The quantitative estimate of drug-likeness (QED) is 0.371. The van der Waals surface area contributed by atoms with Crippen LogP contribution in [-0.4, -0.2) is 18.4 Å². The van der Waals surface area contributed by atoms with E-state index in [1.165, 1.54) is 13.2 Å². The maximum absolute atomic E-state index is 13.2. The van der Waals surface area contributed by atoms with Crippen molar-refractivity contribution in [3.8, 4) is 5.75 Å². The summed E-state index contributed by atoms with van der Waals surface area (Å²) in [6, 6.07) is 3.33. The number of hydrogen-bond acceptors (Lipinski definition) is 3. The highest BCUT2D eigenvalue weighted by Crippen LogP contribution is 2.23. The van der Waals surface area contributed by atoms with Crippen molar-refractivity contribution in [2.45, 2.75) is 0 Å². The third-order valence-electron chi connectivity index (χ3n) is 1.76. The van der Waals surface area contributed by atoms with Crippen molar-refractivity contribution >= 4 is 21.9 Å². The summed E-state index contributed by atoms with van der Waals surface area (Å²) >= 11 is 3.03. The molecule has 3 nitrogen and oxygen atoms in total. The smallest absolute Gasteiger partial charge is 0.333 e. The summed E-state index contributed by atoms with van der Waals surface area (Å²) in [4.78, 5) is 11.0. The van der Waals surface area contributed by atoms with Crippen LogP contribution in [0.5, 0.6) is 5.75 Å². The second-order valence-corrected chi connectivity index (χ2v) is 3.48. The van der Waals surface area contributed by atoms with Gasteiger partial charge in [-0.2, -0.15) is 0 Å². The molecular weight excluding hydrogens is 298 g/mol. The summed E-state index contributed by atoms with van der Waals surface area (Å²) < 4.78 is 35.8. The van der Waals surface area contributed by atoms with E-state index in [-0.39, 0.29) is 11.1 Å². The monoisotopic (exact) mass is 306 g/mol. The van der Waals surface area contributed by atoms with Crippen LogP contribution in [0.1, 0.15) is 0 Å². The molecule has 92 valence electrons. The first-order valence-corrected chi connectivity index (χ1v) is 5.67. The topological polar surface area (TPSA) is 35.5 Å². The summed E-state index contributed by atoms with van der Waals surface area (Å²) in [6.07, 6.45) is 1.00. The molecule has 0 N–H and O–H groups in total. The first-order chi connectivity index (χ1) is 8.08. The number of benzene rings is 1. The molecule has 1 aromatic carbocycles. The van der Waals surface area contributed by atoms with Gasteiger partial charge in [0, 0.05) is 0 Å². The molecule has 0 aromatic heterocycles. The van der Waals surface area contributed by atoms with Gasteiger partial charge in [0.25, 0.3) is 0 Å². The molecule has 1 aromatic rings. The van der Waals surface area contributed by atoms with Gasteiger partial charge >= 0.3 is 5.97 Å². The van der Waals surface area contributed by atoms with E-state index in [0.29, 0.717) is 0 Å². The summed E-state index contributed by atoms with van der Waals surface area (Å²) in [6.45, 7) is 0. The van der Waals surface area contributed by atoms with Crippen LogP contribution in [0, 0.1) is 11.6 Å². The fourth-order valence-corrected chi connectivity index (χ4v) is 1.27. The molecule has 0 fully saturated rings. The number of para-hydroxylation sites is 1. The predicted molar refractivity (Wildman–Crippen MR) is 60.9 cm³/mol. The van der Waals surface area contributed by atoms with E-state index in [4.69, 9.17) is 4.74 Å². The lowest BCUT2D eigenvalue weighted by atomic mass is 10.3. The number of halogens is 3. The number of esters is 1. The fraction of sp³-hybridized carbons (Fsp3) is 0.182. The van der Waals surface area contributed by atoms with Gasteiger partial charge in [-0.1, -0.05) is 22.0 Å². The van der Waals surface area contributed by atoms with E-state index in [2.05, 4.69) is 20.7 Å². The Balaban J connectivity index is 2.96. The zero-order chi connectivity index (χ0) is 12.8. The van der Waals surface area contributed by atoms with Crippen LogP contribution in [0.4, 0.5) is 8.78 Å². The number of methoxy groups -OCH3 is 1. The molecule has 0 atom stereocenters. The highest BCUT2D eigenvalue weighted by atomic mass is 79.9. The number of rotatable bonds is 4. The van der Waals surface area contributed by atoms with Crippen LogP contribution in [0.25, 0.3) is 0 Å². The zero-order valence-corrected chi connectivity index (χ0v) is 10.5. The Bertz CT molecular complexity index is 426. The van der Waals surface area contributed by atoms with Gasteiger partial charge in [0.15, 0.2) is 17.4 Å². The largest absolute Gasteiger partial charge is 0.466 e. The molecule has 0 heterocycles. The normalized spacial score (nSPS) is 11.2. The summed E-state index contributed by atoms with van der Waals surface area (Å²) in [5.74, 6) is -2.87. The van der Waals surface area contributed by atoms with Crippen molar-refractivity contribution in [1.29, 1.82) is 0 Å². The molecule has 0 radical (unpaired) electrons. The average Bonchev–Trinajstić information content (AvgIpc) is 2.32. The highest BCUT2D eigenvalue weighted by molar-refractivity contribution is 9.09. The van der Waals surface area contributed by atoms with E-state index in [9.17, 15) is 13.6 Å². The van der Waals surface area contributed by atoms with Gasteiger partial charge in [0.05, 0.1) is 18.5 Å². The Hall–Kier alpha value is -1.43. The third-order valence-corrected chi connectivity index (χ3v) is 2.32. The van der Waals surface area contributed by atoms with Gasteiger partial charge < -0.3 is 9.47 Å². The lowest BCUT2D eigenvalue weighted by Crippen LogP contribution is -2.05. The van der Waals surface area contributed by atoms with Crippen molar-refractivity contribution in [2.24, 2.45) is 0 Å². The van der Waals surface area contributed by atoms with Crippen molar-refractivity contribution in [2.75, 3.05) is 12.4 Å². The SMILES string of the molecule is COC(=O)C=C(CBr)Oc1c(F)cccc1F. The van der Waals surface area contributed by atoms with Gasteiger partial charge in [-0.25, -0.2) is 13.6 Å². The van der Waals surface area contributed by atoms with Crippen molar-refractivity contribution in [3.63, 3.8) is 0 Å². The van der Waals surface area contributed by atoms with Gasteiger partial charge in [-0.3, -0.25) is 0 Å². The van der Waals surface area contributed by atoms with Crippen LogP contribution >= 0.6 is 15.9 Å². The summed E-state index contributed by atoms with van der Waals surface area (Å²) in [7, 11) is 1.19. The first kappa shape index (κ1) is 13.6. The minimum absolute atomic E-state index is 0.0425. The van der Waals surface area contributed by atoms with Gasteiger partial charge in [0.1, 0.15) is 5.76 Å². The number of carbonyl (C=O) groups excluding carboxylic acids is 1. The fourth-order valence-electron chi connectivity index (χ4n) is 0.997. The van der Waals surface area contributed by atoms with Crippen LogP contribution in [0.3, 0.4) is 0 Å². The first-order valence-electron chi connectivity index (χ1n) is 4.54. The van der Waals surface area contributed by atoms with Gasteiger partial charge in [-0.15, -0.1) is 0 Å². The average molecular weight is 307 g/mol. The van der Waals surface area contributed by atoms with Crippen molar-refractivity contribution < 1.29 is 23.0 Å². The standard InChI is InChI=1S/C11H9BrF2O3/c1-16-10(15)5-7(6-12)17-11-8(13)3-2-4-9(11)14/h2-5H,6H2,1H3. The van der Waals surface area contributed by atoms with Crippen LogP contribution in [-0.2, 0) is 9.53 Å². The third kappa shape index (κ3) is 3.81. The molecule has 0 aliphatic heterocycles. The molecule has 0 amide bonds. The molecular formula is C11H9BrF2O3. The number of carbonyl (C=O) groups is 1. The van der Waals surface area contributed by atoms with Crippen LogP contribution in [0.2, 0.25) is 0 Å². The molecule has 0 bridgehead atoms. The Morgan fingerprint density at radius 1 is 1.41 bits per heavy atom. The second kappa shape index (κ2) is 6.34. The number of allylic oxidation sites excluding steroid dienone is 1. The number of ether oxygens (including phenoxy) is 2. The zero-order valence-electron chi connectivity index (χ0n) is 8.88. The summed E-state index contributed by atoms with van der Waals surface area (Å²) in [5.41, 5.74) is 0. The lowest BCUT2D eigenvalue weighted by Gasteiger charge is -2.08. The molecule has 0 saturated carbocycles. The van der Waals surface area contributed by atoms with E-state index in [1.54, 1.807) is 0 Å². The second-order valence-electron chi connectivity index (χ2n) is 2.92. The van der Waals surface area contributed by atoms with Gasteiger partial charge in [-0.05, 0) is 12.1 Å². The summed E-state index contributed by atoms with van der Waals surface area (Å²) in [5, 5.41) is 0.121. The Morgan fingerprint density at radius 3 is 2.47 bits per heavy atom. The van der Waals surface area contributed by atoms with Gasteiger partial charge in [0.2, 0.25) is 0 Å². The molecule has 1 rings (SSSR count). The van der Waals surface area contributed by atoms with E-state index >= 15 is 0 Å². The molecule has 17 heavy (non-hydrogen) atoms. The van der Waals surface area contributed by atoms with E-state index < -0.39 is 23.4 Å². The minimum Gasteiger partial charge on any atom is -0.466 e. The van der Waals surface area contributed by atoms with Crippen LogP contribution < -0.4 is 4.74 Å². The molecule has 0 aliphatic rings. The Kier molecular flexibility index (Phi) is 5.09. The number of hydrogen-bond donors (Lipinski definition) is 0. The van der Waals surface area contributed by atoms with E-state index in [1.807, 2.05) is 0 Å². The molecule has 0 unspecified atom stereocenters. The predicted octanol–water partition coefficient (Wildman–Crippen LogP) is 2.80. The molecule has 0 spiro atoms. The highest BCUT2D eigenvalue weighted by Gasteiger charge is 2.12. The number of alkyl halides is 1. The Morgan fingerprint density at radius 2 is 2.00 bits per heavy atom.